The Morgan fingerprint density at radius 3 is 2.70 bits per heavy atom. The number of thiophene rings is 1. The van der Waals surface area contributed by atoms with Crippen molar-refractivity contribution < 1.29 is 37.1 Å². The number of anilines is 2. The van der Waals surface area contributed by atoms with Crippen molar-refractivity contribution in [2.24, 2.45) is 0 Å². The molecule has 2 aliphatic rings. The zero-order valence-corrected chi connectivity index (χ0v) is 32.4. The molecule has 54 heavy (non-hydrogen) atoms. The summed E-state index contributed by atoms with van der Waals surface area (Å²) in [5, 5.41) is 14.1. The van der Waals surface area contributed by atoms with E-state index in [1.807, 2.05) is 6.07 Å². The highest BCUT2D eigenvalue weighted by Gasteiger charge is 2.49. The number of halogens is 4. The largest absolute Gasteiger partial charge is 0.461 e. The average Bonchev–Trinajstić information content (AvgIpc) is 3.76. The Balaban J connectivity index is 1.45. The van der Waals surface area contributed by atoms with Gasteiger partial charge in [-0.15, -0.1) is 11.3 Å². The van der Waals surface area contributed by atoms with Gasteiger partial charge < -0.3 is 14.4 Å². The quantitative estimate of drug-likeness (QED) is 0.150. The Labute approximate surface area is 319 Å². The highest BCUT2D eigenvalue weighted by Crippen LogP contribution is 2.47. The lowest BCUT2D eigenvalue weighted by Crippen LogP contribution is -2.43. The van der Waals surface area contributed by atoms with E-state index < -0.39 is 35.0 Å². The molecule has 2 fully saturated rings. The Hall–Kier alpha value is -4.43. The highest BCUT2D eigenvalue weighted by molar-refractivity contribution is 7.23. The fraction of sp³-hybridized carbons (Fsp3) is 0.486. The minimum absolute atomic E-state index is 0.00502. The molecule has 0 bridgehead atoms. The number of amides is 2. The van der Waals surface area contributed by atoms with E-state index in [1.165, 1.54) is 26.3 Å². The molecule has 2 atom stereocenters. The third-order valence-corrected chi connectivity index (χ3v) is 11.1. The van der Waals surface area contributed by atoms with E-state index in [-0.39, 0.29) is 78.5 Å². The molecule has 2 aromatic heterocycles. The molecule has 2 aliphatic heterocycles. The molecular formula is C37H41ClF3N7O5S. The summed E-state index contributed by atoms with van der Waals surface area (Å²) in [5.41, 5.74) is -1.70. The maximum atomic E-state index is 17.2. The van der Waals surface area contributed by atoms with E-state index in [9.17, 15) is 19.2 Å². The molecule has 12 nitrogen and oxygen atoms in total. The molecule has 1 N–H and O–H groups in total. The molecule has 0 spiro atoms. The first-order valence-corrected chi connectivity index (χ1v) is 18.6. The lowest BCUT2D eigenvalue weighted by atomic mass is 9.95. The summed E-state index contributed by atoms with van der Waals surface area (Å²) in [5.74, 6) is -1.53. The van der Waals surface area contributed by atoms with E-state index in [1.54, 1.807) is 32.7 Å². The van der Waals surface area contributed by atoms with E-state index in [4.69, 9.17) is 25.9 Å². The maximum absolute atomic E-state index is 17.2. The number of ether oxygens (including phenoxy) is 2. The van der Waals surface area contributed by atoms with Gasteiger partial charge >= 0.3 is 12.1 Å². The fourth-order valence-electron chi connectivity index (χ4n) is 7.21. The van der Waals surface area contributed by atoms with Crippen LogP contribution in [0.25, 0.3) is 32.1 Å². The molecule has 17 heteroatoms. The first-order chi connectivity index (χ1) is 25.6. The molecule has 2 saturated heterocycles. The molecule has 0 saturated carbocycles. The van der Waals surface area contributed by atoms with Gasteiger partial charge in [0.15, 0.2) is 5.82 Å². The number of benzene rings is 2. The zero-order valence-electron chi connectivity index (χ0n) is 30.8. The first kappa shape index (κ1) is 39.3. The van der Waals surface area contributed by atoms with Gasteiger partial charge in [-0.1, -0.05) is 17.7 Å². The van der Waals surface area contributed by atoms with Crippen molar-refractivity contribution in [1.82, 2.24) is 19.9 Å². The van der Waals surface area contributed by atoms with Gasteiger partial charge in [-0.25, -0.2) is 23.0 Å². The molecule has 4 aromatic rings. The molecule has 4 heterocycles. The van der Waals surface area contributed by atoms with Crippen LogP contribution in [-0.2, 0) is 14.4 Å². The van der Waals surface area contributed by atoms with Crippen LogP contribution in [0, 0.1) is 23.0 Å². The molecule has 0 aliphatic carbocycles. The Morgan fingerprint density at radius 1 is 1.24 bits per heavy atom. The normalized spacial score (nSPS) is 18.5. The summed E-state index contributed by atoms with van der Waals surface area (Å²) in [7, 11) is 4.63. The molecule has 288 valence electrons. The Morgan fingerprint density at radius 2 is 2.00 bits per heavy atom. The third kappa shape index (κ3) is 7.72. The van der Waals surface area contributed by atoms with Gasteiger partial charge in [0.2, 0.25) is 5.91 Å². The van der Waals surface area contributed by atoms with Crippen LogP contribution in [-0.4, -0.2) is 96.7 Å². The average molecular weight is 788 g/mol. The van der Waals surface area contributed by atoms with Crippen LogP contribution in [0.1, 0.15) is 58.4 Å². The Kier molecular flexibility index (Phi) is 11.2. The maximum Gasteiger partial charge on any atom is 0.412 e. The number of hydrogen-bond acceptors (Lipinski definition) is 11. The van der Waals surface area contributed by atoms with Crippen LogP contribution in [0.15, 0.2) is 18.2 Å². The van der Waals surface area contributed by atoms with Crippen LogP contribution < -0.4 is 15.0 Å². The second-order valence-corrected chi connectivity index (χ2v) is 16.0. The molecule has 2 amide bonds. The van der Waals surface area contributed by atoms with Crippen molar-refractivity contribution in [3.05, 3.63) is 40.4 Å². The highest BCUT2D eigenvalue weighted by atomic mass is 35.5. The summed E-state index contributed by atoms with van der Waals surface area (Å²) in [6.45, 7) is 6.50. The zero-order chi connectivity index (χ0) is 39.1. The van der Waals surface area contributed by atoms with Crippen LogP contribution in [0.5, 0.6) is 6.01 Å². The standard InChI is InChI=1S/C37H41ClF3N7O5S/c1-36(2,3)53-35(50)45-33-23(17-42)27-21(10-11-25(40)31(27)54-33)28-24(38)15-22-30(29(28)41)43-34(52-19-37-12-8-14-48(37)18-20(39)16-37)44-32(22)46(4)13-7-9-26(49)47(5)51-6/h10-11,15,20H,7-9,12-14,16,18-19H2,1-6H3,(H,45,50)/t20-,37+/m1/s1. The fourth-order valence-corrected chi connectivity index (χ4v) is 8.58. The summed E-state index contributed by atoms with van der Waals surface area (Å²) >= 11 is 7.67. The van der Waals surface area contributed by atoms with Crippen LogP contribution >= 0.6 is 22.9 Å². The number of alkyl halides is 1. The van der Waals surface area contributed by atoms with Crippen molar-refractivity contribution in [2.75, 3.05) is 57.7 Å². The van der Waals surface area contributed by atoms with Crippen LogP contribution in [0.3, 0.4) is 0 Å². The van der Waals surface area contributed by atoms with Gasteiger partial charge in [0, 0.05) is 56.4 Å². The molecule has 0 unspecified atom stereocenters. The van der Waals surface area contributed by atoms with Crippen molar-refractivity contribution in [3.63, 3.8) is 0 Å². The number of aromatic nitrogens is 2. The van der Waals surface area contributed by atoms with E-state index in [0.717, 1.165) is 41.9 Å². The van der Waals surface area contributed by atoms with Crippen molar-refractivity contribution >= 4 is 66.7 Å². The molecule has 0 radical (unpaired) electrons. The number of nitriles is 1. The van der Waals surface area contributed by atoms with E-state index in [2.05, 4.69) is 20.2 Å². The Bertz CT molecular complexity index is 2160. The number of hydroxylamine groups is 2. The number of fused-ring (bicyclic) bond motifs is 3. The number of nitrogens with one attached hydrogen (secondary N) is 1. The number of nitrogens with zero attached hydrogens (tertiary/aromatic N) is 6. The predicted molar refractivity (Wildman–Crippen MR) is 201 cm³/mol. The van der Waals surface area contributed by atoms with Crippen molar-refractivity contribution in [2.45, 2.75) is 70.2 Å². The van der Waals surface area contributed by atoms with Gasteiger partial charge in [0.1, 0.15) is 46.6 Å². The van der Waals surface area contributed by atoms with Gasteiger partial charge in [-0.2, -0.15) is 15.2 Å². The lowest BCUT2D eigenvalue weighted by Gasteiger charge is -2.31. The lowest BCUT2D eigenvalue weighted by molar-refractivity contribution is -0.168. The van der Waals surface area contributed by atoms with Crippen LogP contribution in [0.2, 0.25) is 5.02 Å². The number of hydrogen-bond donors (Lipinski definition) is 1. The van der Waals surface area contributed by atoms with Gasteiger partial charge in [0.05, 0.1) is 27.9 Å². The smallest absolute Gasteiger partial charge is 0.412 e. The van der Waals surface area contributed by atoms with Gasteiger partial charge in [0.25, 0.3) is 0 Å². The second-order valence-electron chi connectivity index (χ2n) is 14.6. The molecule has 2 aromatic carbocycles. The topological polar surface area (TPSA) is 133 Å². The first-order valence-electron chi connectivity index (χ1n) is 17.4. The van der Waals surface area contributed by atoms with Crippen molar-refractivity contribution in [3.8, 4) is 23.2 Å². The minimum Gasteiger partial charge on any atom is -0.461 e. The number of carbonyl (C=O) groups is 2. The monoisotopic (exact) mass is 787 g/mol. The molecule has 6 rings (SSSR count). The summed E-state index contributed by atoms with van der Waals surface area (Å²) in [4.78, 5) is 43.0. The SMILES string of the molecule is CON(C)C(=O)CCCN(C)c1nc(OC[C@@]23CCCN2C[C@H](F)C3)nc2c(F)c(-c3ccc(F)c4sc(NC(=O)OC(C)(C)C)c(C#N)c34)c(Cl)cc12. The summed E-state index contributed by atoms with van der Waals surface area (Å²) in [6, 6.07) is 5.83. The van der Waals surface area contributed by atoms with Gasteiger partial charge in [-0.3, -0.25) is 19.8 Å². The minimum atomic E-state index is -0.988. The number of rotatable bonds is 11. The van der Waals surface area contributed by atoms with E-state index in [0.29, 0.717) is 25.9 Å². The third-order valence-electron chi connectivity index (χ3n) is 9.73. The number of carbonyl (C=O) groups excluding carboxylic acids is 2. The summed E-state index contributed by atoms with van der Waals surface area (Å²) < 4.78 is 58.6. The van der Waals surface area contributed by atoms with Crippen LogP contribution in [0.4, 0.5) is 28.8 Å². The van der Waals surface area contributed by atoms with Crippen molar-refractivity contribution in [1.29, 1.82) is 5.26 Å². The van der Waals surface area contributed by atoms with Gasteiger partial charge in [-0.05, 0) is 64.3 Å². The second kappa shape index (κ2) is 15.4. The van der Waals surface area contributed by atoms with E-state index >= 15 is 8.78 Å². The molecular weight excluding hydrogens is 747 g/mol. The predicted octanol–water partition coefficient (Wildman–Crippen LogP) is 7.85. The summed E-state index contributed by atoms with van der Waals surface area (Å²) in [6.07, 6.45) is 0.659.